The van der Waals surface area contributed by atoms with Crippen molar-refractivity contribution in [3.8, 4) is 11.5 Å². The summed E-state index contributed by atoms with van der Waals surface area (Å²) in [6.45, 7) is 4.72. The van der Waals surface area contributed by atoms with Crippen LogP contribution in [0.3, 0.4) is 0 Å². The molecule has 0 spiro atoms. The smallest absolute Gasteiger partial charge is 0.333 e. The van der Waals surface area contributed by atoms with E-state index < -0.39 is 17.9 Å². The third kappa shape index (κ3) is 5.40. The Morgan fingerprint density at radius 3 is 2.45 bits per heavy atom. The van der Waals surface area contributed by atoms with E-state index in [1.54, 1.807) is 24.3 Å². The van der Waals surface area contributed by atoms with E-state index in [0.29, 0.717) is 12.0 Å². The van der Waals surface area contributed by atoms with Crippen LogP contribution in [-0.4, -0.2) is 31.9 Å². The first-order valence-electron chi connectivity index (χ1n) is 6.59. The standard InChI is InChI=1S/C16H18O6/c1-11(2)16(19)21-10-12(9-17)8-15(18)22-14-7-5-4-6-13(14)20-3/h4-7,9,12H,1,8,10H2,2-3H3. The van der Waals surface area contributed by atoms with E-state index in [9.17, 15) is 14.4 Å². The number of aldehydes is 1. The molecule has 0 radical (unpaired) electrons. The molecule has 1 aromatic carbocycles. The molecular formula is C16H18O6. The van der Waals surface area contributed by atoms with Gasteiger partial charge in [0.1, 0.15) is 12.9 Å². The highest BCUT2D eigenvalue weighted by atomic mass is 16.6. The van der Waals surface area contributed by atoms with Crippen molar-refractivity contribution in [1.82, 2.24) is 0 Å². The maximum atomic E-state index is 11.8. The van der Waals surface area contributed by atoms with Crippen LogP contribution in [0.2, 0.25) is 0 Å². The van der Waals surface area contributed by atoms with Gasteiger partial charge in [0.25, 0.3) is 0 Å². The Morgan fingerprint density at radius 2 is 1.91 bits per heavy atom. The summed E-state index contributed by atoms with van der Waals surface area (Å²) in [6, 6.07) is 6.65. The molecule has 0 heterocycles. The first kappa shape index (κ1) is 17.4. The van der Waals surface area contributed by atoms with Crippen molar-refractivity contribution >= 4 is 18.2 Å². The molecule has 0 saturated carbocycles. The summed E-state index contributed by atoms with van der Waals surface area (Å²) in [5, 5.41) is 0. The summed E-state index contributed by atoms with van der Waals surface area (Å²) in [6.07, 6.45) is 0.347. The molecule has 118 valence electrons. The molecule has 0 aliphatic carbocycles. The second-order valence-electron chi connectivity index (χ2n) is 4.60. The van der Waals surface area contributed by atoms with E-state index in [4.69, 9.17) is 14.2 Å². The molecule has 0 fully saturated rings. The second-order valence-corrected chi connectivity index (χ2v) is 4.60. The predicted octanol–water partition coefficient (Wildman–Crippen LogP) is 1.93. The summed E-state index contributed by atoms with van der Waals surface area (Å²) in [5.41, 5.74) is 0.223. The van der Waals surface area contributed by atoms with Crippen LogP contribution in [0.15, 0.2) is 36.4 Å². The van der Waals surface area contributed by atoms with Gasteiger partial charge in [0.2, 0.25) is 0 Å². The summed E-state index contributed by atoms with van der Waals surface area (Å²) in [7, 11) is 1.46. The average Bonchev–Trinajstić information content (AvgIpc) is 2.51. The molecule has 0 aliphatic heterocycles. The third-order valence-corrected chi connectivity index (χ3v) is 2.69. The van der Waals surface area contributed by atoms with Crippen molar-refractivity contribution in [1.29, 1.82) is 0 Å². The van der Waals surface area contributed by atoms with Gasteiger partial charge < -0.3 is 19.0 Å². The number of carbonyl (C=O) groups is 3. The van der Waals surface area contributed by atoms with Crippen molar-refractivity contribution in [3.63, 3.8) is 0 Å². The molecule has 1 aromatic rings. The lowest BCUT2D eigenvalue weighted by Crippen LogP contribution is -2.21. The fourth-order valence-corrected chi connectivity index (χ4v) is 1.53. The molecule has 6 heteroatoms. The van der Waals surface area contributed by atoms with E-state index in [1.165, 1.54) is 14.0 Å². The average molecular weight is 306 g/mol. The van der Waals surface area contributed by atoms with E-state index >= 15 is 0 Å². The number of esters is 2. The monoisotopic (exact) mass is 306 g/mol. The van der Waals surface area contributed by atoms with Crippen molar-refractivity contribution in [2.24, 2.45) is 5.92 Å². The first-order chi connectivity index (χ1) is 10.5. The number of hydrogen-bond acceptors (Lipinski definition) is 6. The Morgan fingerprint density at radius 1 is 1.27 bits per heavy atom. The van der Waals surface area contributed by atoms with E-state index in [-0.39, 0.29) is 24.4 Å². The van der Waals surface area contributed by atoms with E-state index in [2.05, 4.69) is 6.58 Å². The summed E-state index contributed by atoms with van der Waals surface area (Å²) < 4.78 is 15.0. The van der Waals surface area contributed by atoms with Gasteiger partial charge in [-0.1, -0.05) is 18.7 Å². The van der Waals surface area contributed by atoms with Crippen LogP contribution in [-0.2, 0) is 19.1 Å². The molecule has 0 N–H and O–H groups in total. The van der Waals surface area contributed by atoms with Crippen molar-refractivity contribution in [2.75, 3.05) is 13.7 Å². The number of benzene rings is 1. The SMILES string of the molecule is C=C(C)C(=O)OCC(C=O)CC(=O)Oc1ccccc1OC. The molecule has 1 atom stereocenters. The summed E-state index contributed by atoms with van der Waals surface area (Å²) in [5.74, 6) is -1.32. The highest BCUT2D eigenvalue weighted by Crippen LogP contribution is 2.26. The molecule has 1 rings (SSSR count). The van der Waals surface area contributed by atoms with Crippen LogP contribution in [0.5, 0.6) is 11.5 Å². The molecular weight excluding hydrogens is 288 g/mol. The van der Waals surface area contributed by atoms with Crippen LogP contribution in [0.1, 0.15) is 13.3 Å². The van der Waals surface area contributed by atoms with Crippen LogP contribution in [0.25, 0.3) is 0 Å². The second kappa shape index (κ2) is 8.61. The molecule has 0 aliphatic rings. The first-order valence-corrected chi connectivity index (χ1v) is 6.59. The van der Waals surface area contributed by atoms with Crippen molar-refractivity contribution < 1.29 is 28.6 Å². The van der Waals surface area contributed by atoms with Crippen molar-refractivity contribution in [3.05, 3.63) is 36.4 Å². The van der Waals surface area contributed by atoms with Gasteiger partial charge in [-0.05, 0) is 19.1 Å². The maximum absolute atomic E-state index is 11.8. The quantitative estimate of drug-likeness (QED) is 0.316. The van der Waals surface area contributed by atoms with E-state index in [1.807, 2.05) is 0 Å². The third-order valence-electron chi connectivity index (χ3n) is 2.69. The van der Waals surface area contributed by atoms with Gasteiger partial charge in [-0.25, -0.2) is 4.79 Å². The zero-order valence-electron chi connectivity index (χ0n) is 12.5. The lowest BCUT2D eigenvalue weighted by Gasteiger charge is -2.12. The minimum absolute atomic E-state index is 0.198. The van der Waals surface area contributed by atoms with Gasteiger partial charge >= 0.3 is 11.9 Å². The van der Waals surface area contributed by atoms with Gasteiger partial charge in [-0.15, -0.1) is 0 Å². The highest BCUT2D eigenvalue weighted by molar-refractivity contribution is 5.87. The zero-order valence-corrected chi connectivity index (χ0v) is 12.5. The highest BCUT2D eigenvalue weighted by Gasteiger charge is 2.18. The number of hydrogen-bond donors (Lipinski definition) is 0. The fraction of sp³-hybridized carbons (Fsp3) is 0.312. The van der Waals surface area contributed by atoms with Crippen LogP contribution >= 0.6 is 0 Å². The molecule has 1 unspecified atom stereocenters. The maximum Gasteiger partial charge on any atom is 0.333 e. The molecule has 0 saturated heterocycles. The van der Waals surface area contributed by atoms with Crippen LogP contribution < -0.4 is 9.47 Å². The Bertz CT molecular complexity index is 564. The zero-order chi connectivity index (χ0) is 16.5. The molecule has 0 bridgehead atoms. The lowest BCUT2D eigenvalue weighted by molar-refractivity contribution is -0.144. The minimum atomic E-state index is -0.773. The van der Waals surface area contributed by atoms with Gasteiger partial charge in [0.05, 0.1) is 19.4 Å². The number of rotatable bonds is 8. The topological polar surface area (TPSA) is 78.9 Å². The van der Waals surface area contributed by atoms with Crippen LogP contribution in [0.4, 0.5) is 0 Å². The van der Waals surface area contributed by atoms with Gasteiger partial charge in [0.15, 0.2) is 11.5 Å². The summed E-state index contributed by atoms with van der Waals surface area (Å²) >= 11 is 0. The normalized spacial score (nSPS) is 11.2. The number of carbonyl (C=O) groups excluding carboxylic acids is 3. The van der Waals surface area contributed by atoms with Gasteiger partial charge in [-0.2, -0.15) is 0 Å². The number of methoxy groups -OCH3 is 1. The Labute approximate surface area is 128 Å². The number of para-hydroxylation sites is 2. The molecule has 6 nitrogen and oxygen atoms in total. The van der Waals surface area contributed by atoms with Gasteiger partial charge in [-0.3, -0.25) is 4.79 Å². The lowest BCUT2D eigenvalue weighted by atomic mass is 10.1. The van der Waals surface area contributed by atoms with Gasteiger partial charge in [0, 0.05) is 5.57 Å². The molecule has 22 heavy (non-hydrogen) atoms. The number of ether oxygens (including phenoxy) is 3. The Balaban J connectivity index is 2.56. The van der Waals surface area contributed by atoms with Crippen molar-refractivity contribution in [2.45, 2.75) is 13.3 Å². The Hall–Kier alpha value is -2.63. The Kier molecular flexibility index (Phi) is 6.82. The largest absolute Gasteiger partial charge is 0.493 e. The summed E-state index contributed by atoms with van der Waals surface area (Å²) in [4.78, 5) is 34.0. The fourth-order valence-electron chi connectivity index (χ4n) is 1.53. The minimum Gasteiger partial charge on any atom is -0.493 e. The predicted molar refractivity (Wildman–Crippen MR) is 78.6 cm³/mol. The molecule has 0 amide bonds. The molecule has 0 aromatic heterocycles. The van der Waals surface area contributed by atoms with Crippen LogP contribution in [0, 0.1) is 5.92 Å². The van der Waals surface area contributed by atoms with E-state index in [0.717, 1.165) is 0 Å².